The van der Waals surface area contributed by atoms with Gasteiger partial charge in [0.05, 0.1) is 16.9 Å². The molecular formula is C16H18F3N5O2S. The van der Waals surface area contributed by atoms with Gasteiger partial charge in [0.1, 0.15) is 6.54 Å². The Labute approximate surface area is 157 Å². The molecule has 0 bridgehead atoms. The largest absolute Gasteiger partial charge is 0.435 e. The van der Waals surface area contributed by atoms with E-state index >= 15 is 0 Å². The normalized spacial score (nSPS) is 16.4. The highest BCUT2D eigenvalue weighted by molar-refractivity contribution is 7.09. The number of hydrogen-bond acceptors (Lipinski definition) is 6. The third kappa shape index (κ3) is 4.46. The lowest BCUT2D eigenvalue weighted by Gasteiger charge is -2.31. The van der Waals surface area contributed by atoms with Gasteiger partial charge < -0.3 is 10.1 Å². The van der Waals surface area contributed by atoms with Gasteiger partial charge in [-0.2, -0.15) is 18.3 Å². The summed E-state index contributed by atoms with van der Waals surface area (Å²) in [6, 6.07) is 0.940. The van der Waals surface area contributed by atoms with Gasteiger partial charge in [-0.3, -0.25) is 9.48 Å². The van der Waals surface area contributed by atoms with Gasteiger partial charge in [0.2, 0.25) is 5.91 Å². The van der Waals surface area contributed by atoms with Crippen LogP contribution in [0.1, 0.15) is 40.8 Å². The maximum Gasteiger partial charge on any atom is 0.435 e. The predicted octanol–water partition coefficient (Wildman–Crippen LogP) is 2.88. The van der Waals surface area contributed by atoms with Gasteiger partial charge in [-0.05, 0) is 25.8 Å². The number of aromatic nitrogens is 3. The second-order valence-corrected chi connectivity index (χ2v) is 7.23. The van der Waals surface area contributed by atoms with E-state index in [1.165, 1.54) is 24.5 Å². The van der Waals surface area contributed by atoms with Gasteiger partial charge in [0.25, 0.3) is 0 Å². The summed E-state index contributed by atoms with van der Waals surface area (Å²) in [6.07, 6.45) is -1.81. The van der Waals surface area contributed by atoms with Crippen molar-refractivity contribution in [2.45, 2.75) is 38.4 Å². The van der Waals surface area contributed by atoms with E-state index in [0.29, 0.717) is 24.5 Å². The topological polar surface area (TPSA) is 83.6 Å². The summed E-state index contributed by atoms with van der Waals surface area (Å²) in [6.45, 7) is 2.32. The van der Waals surface area contributed by atoms with E-state index in [9.17, 15) is 18.0 Å². The van der Waals surface area contributed by atoms with Crippen LogP contribution in [0.5, 0.6) is 0 Å². The van der Waals surface area contributed by atoms with Gasteiger partial charge in [-0.15, -0.1) is 11.3 Å². The first-order valence-corrected chi connectivity index (χ1v) is 9.18. The molecule has 0 radical (unpaired) electrons. The number of halogens is 3. The predicted molar refractivity (Wildman–Crippen MR) is 92.0 cm³/mol. The van der Waals surface area contributed by atoms with E-state index < -0.39 is 11.9 Å². The van der Waals surface area contributed by atoms with Crippen LogP contribution >= 0.6 is 11.3 Å². The molecule has 1 fully saturated rings. The second-order valence-electron chi connectivity index (χ2n) is 6.34. The van der Waals surface area contributed by atoms with Crippen LogP contribution < -0.4 is 0 Å². The van der Waals surface area contributed by atoms with Crippen molar-refractivity contribution in [2.24, 2.45) is 5.16 Å². The van der Waals surface area contributed by atoms with Crippen LogP contribution in [-0.4, -0.2) is 50.1 Å². The highest BCUT2D eigenvalue weighted by Crippen LogP contribution is 2.31. The highest BCUT2D eigenvalue weighted by atomic mass is 32.1. The molecule has 1 amide bonds. The van der Waals surface area contributed by atoms with E-state index in [2.05, 4.69) is 15.2 Å². The first-order chi connectivity index (χ1) is 12.8. The summed E-state index contributed by atoms with van der Waals surface area (Å²) in [5.41, 5.74) is -0.102. The van der Waals surface area contributed by atoms with Crippen LogP contribution in [0.4, 0.5) is 13.2 Å². The second kappa shape index (κ2) is 7.67. The zero-order valence-corrected chi connectivity index (χ0v) is 15.3. The molecule has 1 saturated heterocycles. The molecule has 2 aromatic heterocycles. The minimum absolute atomic E-state index is 0.207. The summed E-state index contributed by atoms with van der Waals surface area (Å²) < 4.78 is 39.3. The first-order valence-electron chi connectivity index (χ1n) is 8.30. The zero-order valence-electron chi connectivity index (χ0n) is 14.5. The Bertz CT molecular complexity index is 837. The Kier molecular flexibility index (Phi) is 5.49. The molecule has 11 heteroatoms. The van der Waals surface area contributed by atoms with Gasteiger partial charge in [-0.25, -0.2) is 4.98 Å². The number of nitrogens with zero attached hydrogens (tertiary/aromatic N) is 5. The maximum absolute atomic E-state index is 12.7. The number of hydrogen-bond donors (Lipinski definition) is 1. The number of carbonyl (C=O) groups is 1. The van der Waals surface area contributed by atoms with Crippen molar-refractivity contribution in [3.8, 4) is 0 Å². The van der Waals surface area contributed by atoms with E-state index in [4.69, 9.17) is 5.21 Å². The Morgan fingerprint density at radius 2 is 2.15 bits per heavy atom. The Hall–Kier alpha value is -2.43. The number of likely N-dealkylation sites (tertiary alicyclic amines) is 1. The van der Waals surface area contributed by atoms with Crippen LogP contribution in [-0.2, 0) is 17.5 Å². The average molecular weight is 401 g/mol. The minimum atomic E-state index is -4.52. The summed E-state index contributed by atoms with van der Waals surface area (Å²) in [5.74, 6) is -0.0382. The third-order valence-corrected chi connectivity index (χ3v) is 5.51. The third-order valence-electron chi connectivity index (χ3n) is 4.48. The molecule has 0 unspecified atom stereocenters. The van der Waals surface area contributed by atoms with Crippen molar-refractivity contribution in [3.05, 3.63) is 33.5 Å². The van der Waals surface area contributed by atoms with E-state index in [1.807, 2.05) is 0 Å². The number of aryl methyl sites for hydroxylation is 1. The summed E-state index contributed by atoms with van der Waals surface area (Å²) in [7, 11) is 0. The van der Waals surface area contributed by atoms with Gasteiger partial charge in [0, 0.05) is 30.1 Å². The Morgan fingerprint density at radius 1 is 1.44 bits per heavy atom. The fourth-order valence-corrected chi connectivity index (χ4v) is 3.96. The standard InChI is InChI=1S/C16H18F3N5O2S/c1-10-6-13(16(17,18)19)22-24(10)8-14(25)23-4-2-11(3-5-23)15-21-12(7-20-26)9-27-15/h6-7,9,11,26H,2-5,8H2,1H3/b20-7+. The molecule has 146 valence electrons. The molecule has 27 heavy (non-hydrogen) atoms. The molecule has 3 heterocycles. The molecular weight excluding hydrogens is 383 g/mol. The summed E-state index contributed by atoms with van der Waals surface area (Å²) in [4.78, 5) is 18.5. The zero-order chi connectivity index (χ0) is 19.6. The number of carbonyl (C=O) groups excluding carboxylic acids is 1. The SMILES string of the molecule is Cc1cc(C(F)(F)F)nn1CC(=O)N1CCC(c2nc(/C=N/O)cs2)CC1. The molecule has 0 spiro atoms. The van der Waals surface area contributed by atoms with Crippen molar-refractivity contribution >= 4 is 23.5 Å². The molecule has 0 saturated carbocycles. The van der Waals surface area contributed by atoms with Crippen LogP contribution in [0.2, 0.25) is 0 Å². The van der Waals surface area contributed by atoms with E-state index in [-0.39, 0.29) is 18.4 Å². The van der Waals surface area contributed by atoms with Crippen molar-refractivity contribution in [3.63, 3.8) is 0 Å². The number of piperidine rings is 1. The highest BCUT2D eigenvalue weighted by Gasteiger charge is 2.35. The molecule has 0 atom stereocenters. The van der Waals surface area contributed by atoms with Gasteiger partial charge >= 0.3 is 6.18 Å². The lowest BCUT2D eigenvalue weighted by Crippen LogP contribution is -2.40. The van der Waals surface area contributed by atoms with Gasteiger partial charge in [-0.1, -0.05) is 5.16 Å². The molecule has 7 nitrogen and oxygen atoms in total. The summed E-state index contributed by atoms with van der Waals surface area (Å²) in [5, 5.41) is 17.7. The fourth-order valence-electron chi connectivity index (χ4n) is 3.02. The Morgan fingerprint density at radius 3 is 2.74 bits per heavy atom. The quantitative estimate of drug-likeness (QED) is 0.485. The molecule has 0 aromatic carbocycles. The van der Waals surface area contributed by atoms with Crippen molar-refractivity contribution < 1.29 is 23.2 Å². The number of rotatable bonds is 4. The van der Waals surface area contributed by atoms with E-state index in [0.717, 1.165) is 28.6 Å². The van der Waals surface area contributed by atoms with Crippen LogP contribution in [0, 0.1) is 6.92 Å². The molecule has 1 aliphatic heterocycles. The number of amides is 1. The molecule has 0 aliphatic carbocycles. The first kappa shape index (κ1) is 19.3. The fraction of sp³-hybridized carbons (Fsp3) is 0.500. The van der Waals surface area contributed by atoms with Crippen LogP contribution in [0.15, 0.2) is 16.6 Å². The van der Waals surface area contributed by atoms with E-state index in [1.54, 1.807) is 10.3 Å². The number of thiazole rings is 1. The maximum atomic E-state index is 12.7. The monoisotopic (exact) mass is 401 g/mol. The van der Waals surface area contributed by atoms with Crippen molar-refractivity contribution in [2.75, 3.05) is 13.1 Å². The molecule has 2 aromatic rings. The average Bonchev–Trinajstić information content (AvgIpc) is 3.22. The summed E-state index contributed by atoms with van der Waals surface area (Å²) >= 11 is 1.48. The molecule has 1 aliphatic rings. The smallest absolute Gasteiger partial charge is 0.411 e. The molecule has 3 rings (SSSR count). The number of alkyl halides is 3. The van der Waals surface area contributed by atoms with Gasteiger partial charge in [0.15, 0.2) is 5.69 Å². The van der Waals surface area contributed by atoms with Crippen LogP contribution in [0.25, 0.3) is 0 Å². The number of oxime groups is 1. The lowest BCUT2D eigenvalue weighted by molar-refractivity contribution is -0.142. The van der Waals surface area contributed by atoms with Crippen LogP contribution in [0.3, 0.4) is 0 Å². The minimum Gasteiger partial charge on any atom is -0.411 e. The van der Waals surface area contributed by atoms with Crippen molar-refractivity contribution in [1.82, 2.24) is 19.7 Å². The Balaban J connectivity index is 1.58. The lowest BCUT2D eigenvalue weighted by atomic mass is 9.97. The molecule has 1 N–H and O–H groups in total. The van der Waals surface area contributed by atoms with Crippen molar-refractivity contribution in [1.29, 1.82) is 0 Å².